The van der Waals surface area contributed by atoms with Gasteiger partial charge in [0.1, 0.15) is 7.11 Å². The summed E-state index contributed by atoms with van der Waals surface area (Å²) in [6.07, 6.45) is 7.43. The van der Waals surface area contributed by atoms with Crippen molar-refractivity contribution in [2.24, 2.45) is 11.1 Å². The lowest BCUT2D eigenvalue weighted by Crippen LogP contribution is -1.76. The Bertz CT molecular complexity index is 196. The van der Waals surface area contributed by atoms with Crippen molar-refractivity contribution in [3.63, 3.8) is 0 Å². The quantitative estimate of drug-likeness (QED) is 0.271. The molecule has 0 aromatic carbocycles. The van der Waals surface area contributed by atoms with Crippen molar-refractivity contribution in [2.45, 2.75) is 32.1 Å². The van der Waals surface area contributed by atoms with Gasteiger partial charge in [-0.2, -0.15) is 0 Å². The van der Waals surface area contributed by atoms with E-state index in [-0.39, 0.29) is 0 Å². The molecule has 1 aliphatic carbocycles. The third kappa shape index (κ3) is 4.79. The summed E-state index contributed by atoms with van der Waals surface area (Å²) in [6, 6.07) is 0. The number of oxime groups is 1. The first-order valence-electron chi connectivity index (χ1n) is 4.44. The standard InChI is InChI=1S/C10H15NO/c1-12-11-9-5-3-2-4-6-10-7-8-10/h9-10H,3,5-8H2,1H3. The summed E-state index contributed by atoms with van der Waals surface area (Å²) in [6.45, 7) is 0. The van der Waals surface area contributed by atoms with Crippen LogP contribution in [0.5, 0.6) is 0 Å². The fourth-order valence-corrected chi connectivity index (χ4v) is 0.891. The topological polar surface area (TPSA) is 21.6 Å². The fourth-order valence-electron chi connectivity index (χ4n) is 0.891. The minimum absolute atomic E-state index is 0.894. The second-order valence-corrected chi connectivity index (χ2v) is 3.01. The Morgan fingerprint density at radius 2 is 2.33 bits per heavy atom. The Morgan fingerprint density at radius 3 is 3.00 bits per heavy atom. The molecule has 0 aromatic heterocycles. The van der Waals surface area contributed by atoms with Gasteiger partial charge in [0.25, 0.3) is 0 Å². The normalized spacial score (nSPS) is 15.8. The molecule has 1 rings (SSSR count). The van der Waals surface area contributed by atoms with Gasteiger partial charge in [0, 0.05) is 19.1 Å². The van der Waals surface area contributed by atoms with Crippen molar-refractivity contribution >= 4 is 6.21 Å². The van der Waals surface area contributed by atoms with Gasteiger partial charge >= 0.3 is 0 Å². The van der Waals surface area contributed by atoms with Crippen molar-refractivity contribution in [3.8, 4) is 11.8 Å². The van der Waals surface area contributed by atoms with Crippen LogP contribution in [0.4, 0.5) is 0 Å². The number of unbranched alkanes of at least 4 members (excludes halogenated alkanes) is 1. The highest BCUT2D eigenvalue weighted by Crippen LogP contribution is 2.31. The molecule has 66 valence electrons. The second kappa shape index (κ2) is 5.65. The molecule has 1 fully saturated rings. The van der Waals surface area contributed by atoms with Crippen LogP contribution in [-0.4, -0.2) is 13.3 Å². The van der Waals surface area contributed by atoms with E-state index in [4.69, 9.17) is 0 Å². The molecule has 1 aliphatic rings. The zero-order chi connectivity index (χ0) is 8.65. The predicted molar refractivity (Wildman–Crippen MR) is 49.9 cm³/mol. The molecule has 1 saturated carbocycles. The van der Waals surface area contributed by atoms with Gasteiger partial charge in [-0.25, -0.2) is 0 Å². The average molecular weight is 165 g/mol. The van der Waals surface area contributed by atoms with Crippen molar-refractivity contribution < 1.29 is 4.84 Å². The molecule has 0 N–H and O–H groups in total. The zero-order valence-electron chi connectivity index (χ0n) is 7.55. The van der Waals surface area contributed by atoms with Gasteiger partial charge in [0.05, 0.1) is 0 Å². The Labute approximate surface area is 74.0 Å². The van der Waals surface area contributed by atoms with Crippen molar-refractivity contribution in [3.05, 3.63) is 0 Å². The molecule has 0 saturated heterocycles. The summed E-state index contributed by atoms with van der Waals surface area (Å²) in [5.74, 6) is 7.21. The first kappa shape index (κ1) is 9.12. The van der Waals surface area contributed by atoms with Crippen LogP contribution in [0.3, 0.4) is 0 Å². The van der Waals surface area contributed by atoms with Crippen LogP contribution in [0.1, 0.15) is 32.1 Å². The highest BCUT2D eigenvalue weighted by Gasteiger charge is 2.19. The summed E-state index contributed by atoms with van der Waals surface area (Å²) < 4.78 is 0. The van der Waals surface area contributed by atoms with Crippen molar-refractivity contribution in [1.82, 2.24) is 0 Å². The van der Waals surface area contributed by atoms with Crippen LogP contribution >= 0.6 is 0 Å². The highest BCUT2D eigenvalue weighted by atomic mass is 16.6. The van der Waals surface area contributed by atoms with E-state index in [1.165, 1.54) is 12.8 Å². The van der Waals surface area contributed by atoms with Crippen molar-refractivity contribution in [1.29, 1.82) is 0 Å². The lowest BCUT2D eigenvalue weighted by molar-refractivity contribution is 0.214. The van der Waals surface area contributed by atoms with Crippen LogP contribution in [-0.2, 0) is 4.84 Å². The largest absolute Gasteiger partial charge is 0.399 e. The Hall–Kier alpha value is -0.970. The summed E-state index contributed by atoms with van der Waals surface area (Å²) in [5.41, 5.74) is 0. The summed E-state index contributed by atoms with van der Waals surface area (Å²) in [4.78, 5) is 4.52. The maximum absolute atomic E-state index is 4.52. The number of rotatable bonds is 4. The molecule has 0 aromatic rings. The summed E-state index contributed by atoms with van der Waals surface area (Å²) in [5, 5.41) is 3.62. The van der Waals surface area contributed by atoms with Gasteiger partial charge in [0.2, 0.25) is 0 Å². The molecule has 0 atom stereocenters. The van der Waals surface area contributed by atoms with Gasteiger partial charge in [-0.3, -0.25) is 0 Å². The Kier molecular flexibility index (Phi) is 4.30. The van der Waals surface area contributed by atoms with Crippen LogP contribution in [0.25, 0.3) is 0 Å². The molecule has 0 radical (unpaired) electrons. The van der Waals surface area contributed by atoms with Gasteiger partial charge in [-0.05, 0) is 25.2 Å². The van der Waals surface area contributed by atoms with Crippen LogP contribution in [0.15, 0.2) is 5.16 Å². The van der Waals surface area contributed by atoms with E-state index in [0.717, 1.165) is 25.2 Å². The van der Waals surface area contributed by atoms with Crippen molar-refractivity contribution in [2.75, 3.05) is 7.11 Å². The molecule has 0 spiro atoms. The number of hydrogen-bond donors (Lipinski definition) is 0. The third-order valence-electron chi connectivity index (χ3n) is 1.79. The highest BCUT2D eigenvalue weighted by molar-refractivity contribution is 5.56. The van der Waals surface area contributed by atoms with E-state index < -0.39 is 0 Å². The summed E-state index contributed by atoms with van der Waals surface area (Å²) >= 11 is 0. The second-order valence-electron chi connectivity index (χ2n) is 3.01. The molecule has 12 heavy (non-hydrogen) atoms. The van der Waals surface area contributed by atoms with Crippen LogP contribution < -0.4 is 0 Å². The molecular weight excluding hydrogens is 150 g/mol. The lowest BCUT2D eigenvalue weighted by Gasteiger charge is -1.84. The number of nitrogens with zero attached hydrogens (tertiary/aromatic N) is 1. The van der Waals surface area contributed by atoms with E-state index in [0.29, 0.717) is 0 Å². The van der Waals surface area contributed by atoms with Crippen LogP contribution in [0.2, 0.25) is 0 Å². The number of hydrogen-bond acceptors (Lipinski definition) is 2. The Morgan fingerprint density at radius 1 is 1.50 bits per heavy atom. The van der Waals surface area contributed by atoms with Gasteiger partial charge in [0.15, 0.2) is 0 Å². The zero-order valence-corrected chi connectivity index (χ0v) is 7.55. The lowest BCUT2D eigenvalue weighted by atomic mass is 10.2. The van der Waals surface area contributed by atoms with Gasteiger partial charge < -0.3 is 4.84 Å². The fraction of sp³-hybridized carbons (Fsp3) is 0.700. The van der Waals surface area contributed by atoms with E-state index in [1.54, 1.807) is 13.3 Å². The van der Waals surface area contributed by atoms with E-state index in [1.807, 2.05) is 0 Å². The minimum atomic E-state index is 0.894. The molecule has 0 unspecified atom stereocenters. The summed E-state index contributed by atoms with van der Waals surface area (Å²) in [7, 11) is 1.55. The SMILES string of the molecule is CON=CCCC#CCC1CC1. The maximum atomic E-state index is 4.52. The molecular formula is C10H15NO. The molecule has 2 nitrogen and oxygen atoms in total. The minimum Gasteiger partial charge on any atom is -0.399 e. The smallest absolute Gasteiger partial charge is 0.106 e. The molecule has 0 bridgehead atoms. The molecule has 0 amide bonds. The first-order valence-corrected chi connectivity index (χ1v) is 4.44. The third-order valence-corrected chi connectivity index (χ3v) is 1.79. The molecule has 0 heterocycles. The van der Waals surface area contributed by atoms with Gasteiger partial charge in [-0.15, -0.1) is 11.8 Å². The van der Waals surface area contributed by atoms with E-state index in [2.05, 4.69) is 21.8 Å². The molecule has 0 aliphatic heterocycles. The van der Waals surface area contributed by atoms with Gasteiger partial charge in [-0.1, -0.05) is 5.16 Å². The van der Waals surface area contributed by atoms with E-state index in [9.17, 15) is 0 Å². The van der Waals surface area contributed by atoms with Crippen LogP contribution in [0, 0.1) is 17.8 Å². The average Bonchev–Trinajstić information content (AvgIpc) is 2.87. The maximum Gasteiger partial charge on any atom is 0.106 e. The predicted octanol–water partition coefficient (Wildman–Crippen LogP) is 2.20. The molecule has 2 heteroatoms. The Balaban J connectivity index is 1.91. The van der Waals surface area contributed by atoms with E-state index >= 15 is 0 Å². The first-order chi connectivity index (χ1) is 5.93. The monoisotopic (exact) mass is 165 g/mol.